The third kappa shape index (κ3) is 3.29. The van der Waals surface area contributed by atoms with Gasteiger partial charge in [-0.15, -0.1) is 0 Å². The fourth-order valence-electron chi connectivity index (χ4n) is 3.21. The van der Waals surface area contributed by atoms with Gasteiger partial charge in [0.15, 0.2) is 0 Å². The van der Waals surface area contributed by atoms with E-state index in [4.69, 9.17) is 9.68 Å². The zero-order valence-electron chi connectivity index (χ0n) is 13.7. The molecule has 2 unspecified atom stereocenters. The average Bonchev–Trinajstić information content (AvgIpc) is 3.06. The second-order valence-corrected chi connectivity index (χ2v) is 6.77. The van der Waals surface area contributed by atoms with Crippen LogP contribution in [-0.2, 0) is 6.54 Å². The van der Waals surface area contributed by atoms with Gasteiger partial charge in [0.1, 0.15) is 17.7 Å². The molecule has 5 heteroatoms. The summed E-state index contributed by atoms with van der Waals surface area (Å²) in [5.41, 5.74) is 1.03. The number of likely N-dealkylation sites (tertiary alicyclic amines) is 1. The number of halogens is 1. The number of furan rings is 1. The van der Waals surface area contributed by atoms with Crippen molar-refractivity contribution in [3.05, 3.63) is 42.2 Å². The van der Waals surface area contributed by atoms with Crippen LogP contribution in [0.1, 0.15) is 25.3 Å². The third-order valence-electron chi connectivity index (χ3n) is 4.91. The SMILES string of the molecule is CC1(CC#N)CCN(Cc2ccc(-c3ccco3)c(O)c2)CC1F. The van der Waals surface area contributed by atoms with Crippen LogP contribution in [0.5, 0.6) is 5.75 Å². The maximum Gasteiger partial charge on any atom is 0.137 e. The number of nitrogens with zero attached hydrogens (tertiary/aromatic N) is 2. The fraction of sp³-hybridized carbons (Fsp3) is 0.421. The first-order valence-electron chi connectivity index (χ1n) is 8.11. The standard InChI is InChI=1S/C19H21FN2O2/c1-19(6-8-21)7-9-22(13-18(19)20)12-14-4-5-15(16(23)11-14)17-3-2-10-24-17/h2-5,10-11,18,23H,6-7,9,12-13H2,1H3. The fourth-order valence-corrected chi connectivity index (χ4v) is 3.21. The Morgan fingerprint density at radius 3 is 2.92 bits per heavy atom. The molecule has 0 radical (unpaired) electrons. The summed E-state index contributed by atoms with van der Waals surface area (Å²) in [6.45, 7) is 3.50. The van der Waals surface area contributed by atoms with Gasteiger partial charge >= 0.3 is 0 Å². The molecule has 1 fully saturated rings. The molecule has 2 atom stereocenters. The summed E-state index contributed by atoms with van der Waals surface area (Å²) in [4.78, 5) is 2.03. The van der Waals surface area contributed by atoms with Gasteiger partial charge in [-0.2, -0.15) is 5.26 Å². The van der Waals surface area contributed by atoms with E-state index < -0.39 is 11.6 Å². The number of rotatable bonds is 4. The Morgan fingerprint density at radius 2 is 2.29 bits per heavy atom. The molecule has 1 aliphatic heterocycles. The zero-order chi connectivity index (χ0) is 17.2. The maximum atomic E-state index is 14.4. The van der Waals surface area contributed by atoms with Crippen molar-refractivity contribution in [2.75, 3.05) is 13.1 Å². The van der Waals surface area contributed by atoms with Crippen LogP contribution >= 0.6 is 0 Å². The summed E-state index contributed by atoms with van der Waals surface area (Å²) in [5, 5.41) is 19.1. The highest BCUT2D eigenvalue weighted by Gasteiger charge is 2.39. The summed E-state index contributed by atoms with van der Waals surface area (Å²) in [7, 11) is 0. The molecule has 0 spiro atoms. The van der Waals surface area contributed by atoms with E-state index in [1.165, 1.54) is 0 Å². The molecule has 24 heavy (non-hydrogen) atoms. The Bertz CT molecular complexity index is 738. The summed E-state index contributed by atoms with van der Waals surface area (Å²) in [6, 6.07) is 11.1. The number of phenols is 1. The molecule has 1 aromatic heterocycles. The molecule has 0 saturated carbocycles. The number of nitriles is 1. The summed E-state index contributed by atoms with van der Waals surface area (Å²) < 4.78 is 19.8. The molecule has 3 rings (SSSR count). The largest absolute Gasteiger partial charge is 0.507 e. The summed E-state index contributed by atoms with van der Waals surface area (Å²) in [6.07, 6.45) is 1.47. The number of hydrogen-bond acceptors (Lipinski definition) is 4. The van der Waals surface area contributed by atoms with Gasteiger partial charge in [-0.05, 0) is 42.8 Å². The molecule has 1 aliphatic rings. The number of aromatic hydroxyl groups is 1. The molecule has 126 valence electrons. The highest BCUT2D eigenvalue weighted by molar-refractivity contribution is 5.65. The zero-order valence-corrected chi connectivity index (χ0v) is 13.7. The minimum absolute atomic E-state index is 0.158. The average molecular weight is 328 g/mol. The maximum absolute atomic E-state index is 14.4. The van der Waals surface area contributed by atoms with Crippen molar-refractivity contribution in [1.82, 2.24) is 4.90 Å². The van der Waals surface area contributed by atoms with E-state index >= 15 is 0 Å². The summed E-state index contributed by atoms with van der Waals surface area (Å²) in [5.74, 6) is 0.777. The van der Waals surface area contributed by atoms with Gasteiger partial charge in [-0.3, -0.25) is 4.90 Å². The molecule has 1 saturated heterocycles. The van der Waals surface area contributed by atoms with Crippen molar-refractivity contribution >= 4 is 0 Å². The summed E-state index contributed by atoms with van der Waals surface area (Å²) >= 11 is 0. The number of hydrogen-bond donors (Lipinski definition) is 1. The van der Waals surface area contributed by atoms with E-state index in [2.05, 4.69) is 6.07 Å². The second-order valence-electron chi connectivity index (χ2n) is 6.77. The van der Waals surface area contributed by atoms with Crippen molar-refractivity contribution in [2.24, 2.45) is 5.41 Å². The quantitative estimate of drug-likeness (QED) is 0.917. The normalized spacial score (nSPS) is 24.6. The van der Waals surface area contributed by atoms with Crippen LogP contribution in [0, 0.1) is 16.7 Å². The predicted molar refractivity (Wildman–Crippen MR) is 88.9 cm³/mol. The van der Waals surface area contributed by atoms with Gasteiger partial charge < -0.3 is 9.52 Å². The Kier molecular flexibility index (Phi) is 4.59. The molecule has 2 heterocycles. The van der Waals surface area contributed by atoms with Gasteiger partial charge in [0.25, 0.3) is 0 Å². The van der Waals surface area contributed by atoms with Crippen LogP contribution in [0.4, 0.5) is 4.39 Å². The van der Waals surface area contributed by atoms with Crippen molar-refractivity contribution in [3.63, 3.8) is 0 Å². The van der Waals surface area contributed by atoms with Crippen LogP contribution in [0.15, 0.2) is 41.0 Å². The number of benzene rings is 1. The molecule has 0 bridgehead atoms. The minimum atomic E-state index is -1.01. The molecular formula is C19H21FN2O2. The lowest BCUT2D eigenvalue weighted by molar-refractivity contribution is 0.0186. The smallest absolute Gasteiger partial charge is 0.137 e. The second kappa shape index (κ2) is 6.66. The molecule has 0 aliphatic carbocycles. The first kappa shape index (κ1) is 16.5. The molecule has 0 amide bonds. The minimum Gasteiger partial charge on any atom is -0.507 e. The topological polar surface area (TPSA) is 60.4 Å². The Labute approximate surface area is 141 Å². The number of alkyl halides is 1. The van der Waals surface area contributed by atoms with Gasteiger partial charge in [0.2, 0.25) is 0 Å². The van der Waals surface area contributed by atoms with E-state index in [1.54, 1.807) is 24.5 Å². The molecule has 4 nitrogen and oxygen atoms in total. The van der Waals surface area contributed by atoms with Crippen LogP contribution in [0.2, 0.25) is 0 Å². The Morgan fingerprint density at radius 1 is 1.46 bits per heavy atom. The molecular weight excluding hydrogens is 307 g/mol. The van der Waals surface area contributed by atoms with E-state index in [1.807, 2.05) is 24.0 Å². The highest BCUT2D eigenvalue weighted by atomic mass is 19.1. The van der Waals surface area contributed by atoms with Crippen LogP contribution < -0.4 is 0 Å². The van der Waals surface area contributed by atoms with Crippen LogP contribution in [0.25, 0.3) is 11.3 Å². The molecule has 1 N–H and O–H groups in total. The van der Waals surface area contributed by atoms with Crippen molar-refractivity contribution in [1.29, 1.82) is 5.26 Å². The third-order valence-corrected chi connectivity index (χ3v) is 4.91. The van der Waals surface area contributed by atoms with Crippen molar-refractivity contribution < 1.29 is 13.9 Å². The monoisotopic (exact) mass is 328 g/mol. The lowest BCUT2D eigenvalue weighted by atomic mass is 9.76. The van der Waals surface area contributed by atoms with Crippen LogP contribution in [0.3, 0.4) is 0 Å². The predicted octanol–water partition coefficient (Wildman–Crippen LogP) is 4.12. The van der Waals surface area contributed by atoms with E-state index in [9.17, 15) is 9.50 Å². The first-order chi connectivity index (χ1) is 11.5. The Balaban J connectivity index is 1.67. The lowest BCUT2D eigenvalue weighted by Crippen LogP contribution is -2.47. The molecule has 1 aromatic carbocycles. The highest BCUT2D eigenvalue weighted by Crippen LogP contribution is 2.37. The van der Waals surface area contributed by atoms with Gasteiger partial charge in [-0.1, -0.05) is 13.0 Å². The molecule has 2 aromatic rings. The van der Waals surface area contributed by atoms with Crippen LogP contribution in [-0.4, -0.2) is 29.3 Å². The van der Waals surface area contributed by atoms with Gasteiger partial charge in [-0.25, -0.2) is 4.39 Å². The Hall–Kier alpha value is -2.32. The van der Waals surface area contributed by atoms with Crippen molar-refractivity contribution in [2.45, 2.75) is 32.5 Å². The van der Waals surface area contributed by atoms with Gasteiger partial charge in [0, 0.05) is 24.9 Å². The van der Waals surface area contributed by atoms with Gasteiger partial charge in [0.05, 0.1) is 17.9 Å². The lowest BCUT2D eigenvalue weighted by Gasteiger charge is -2.41. The van der Waals surface area contributed by atoms with E-state index in [0.717, 1.165) is 12.1 Å². The number of piperidine rings is 1. The van der Waals surface area contributed by atoms with E-state index in [0.29, 0.717) is 30.8 Å². The number of phenolic OH excluding ortho intramolecular Hbond substituents is 1. The van der Waals surface area contributed by atoms with E-state index in [-0.39, 0.29) is 12.2 Å². The first-order valence-corrected chi connectivity index (χ1v) is 8.11. The van der Waals surface area contributed by atoms with Crippen molar-refractivity contribution in [3.8, 4) is 23.1 Å².